The average Bonchev–Trinajstić information content (AvgIpc) is 2.39. The van der Waals surface area contributed by atoms with Crippen molar-refractivity contribution >= 4 is 5.78 Å². The zero-order chi connectivity index (χ0) is 15.0. The van der Waals surface area contributed by atoms with E-state index in [9.17, 15) is 20.0 Å². The highest BCUT2D eigenvalue weighted by atomic mass is 16.6. The van der Waals surface area contributed by atoms with Gasteiger partial charge in [0.1, 0.15) is 5.78 Å². The Labute approximate surface area is 117 Å². The van der Waals surface area contributed by atoms with Gasteiger partial charge in [-0.3, -0.25) is 14.9 Å². The van der Waals surface area contributed by atoms with Crippen LogP contribution in [0, 0.1) is 16.0 Å². The van der Waals surface area contributed by atoms with Crippen LogP contribution in [-0.4, -0.2) is 21.4 Å². The molecule has 1 fully saturated rings. The lowest BCUT2D eigenvalue weighted by atomic mass is 9.65. The Bertz CT molecular complexity index is 526. The number of ketones is 1. The van der Waals surface area contributed by atoms with Crippen molar-refractivity contribution in [2.75, 3.05) is 0 Å². The molecule has 0 aliphatic heterocycles. The van der Waals surface area contributed by atoms with Crippen molar-refractivity contribution in [2.24, 2.45) is 5.92 Å². The lowest BCUT2D eigenvalue weighted by molar-refractivity contribution is -0.588. The van der Waals surface area contributed by atoms with Gasteiger partial charge in [0.15, 0.2) is 0 Å². The second-order valence-electron chi connectivity index (χ2n) is 5.88. The molecule has 1 aromatic carbocycles. The van der Waals surface area contributed by atoms with Crippen LogP contribution >= 0.6 is 0 Å². The van der Waals surface area contributed by atoms with Crippen LogP contribution in [-0.2, 0) is 10.3 Å². The first kappa shape index (κ1) is 14.7. The van der Waals surface area contributed by atoms with Gasteiger partial charge in [0.25, 0.3) is 0 Å². The quantitative estimate of drug-likeness (QED) is 0.679. The molecule has 20 heavy (non-hydrogen) atoms. The molecule has 1 aliphatic carbocycles. The van der Waals surface area contributed by atoms with Crippen LogP contribution in [0.5, 0.6) is 0 Å². The highest BCUT2D eigenvalue weighted by Crippen LogP contribution is 2.46. The van der Waals surface area contributed by atoms with E-state index >= 15 is 0 Å². The number of hydrogen-bond acceptors (Lipinski definition) is 4. The third kappa shape index (κ3) is 2.33. The molecule has 2 rings (SSSR count). The number of carbonyl (C=O) groups is 1. The van der Waals surface area contributed by atoms with Gasteiger partial charge >= 0.3 is 0 Å². The zero-order valence-corrected chi connectivity index (χ0v) is 11.7. The van der Waals surface area contributed by atoms with E-state index in [2.05, 4.69) is 0 Å². The van der Waals surface area contributed by atoms with Crippen molar-refractivity contribution in [3.8, 4) is 0 Å². The molecular weight excluding hydrogens is 258 g/mol. The van der Waals surface area contributed by atoms with Crippen molar-refractivity contribution in [1.29, 1.82) is 0 Å². The Balaban J connectivity index is 2.46. The normalized spacial score (nSPS) is 33.6. The Hall–Kier alpha value is -1.75. The lowest BCUT2D eigenvalue weighted by Gasteiger charge is -2.42. The van der Waals surface area contributed by atoms with Gasteiger partial charge in [-0.1, -0.05) is 30.3 Å². The van der Waals surface area contributed by atoms with E-state index < -0.39 is 17.1 Å². The van der Waals surface area contributed by atoms with Crippen LogP contribution in [0.1, 0.15) is 38.7 Å². The fraction of sp³-hybridized carbons (Fsp3) is 0.533. The standard InChI is InChI=1S/C15H19NO4/c1-11(17)13-10-15(16(19)20,9-8-14(13,2)18)12-6-4-3-5-7-12/h3-7,13,18H,8-10H2,1-2H3. The number of carbonyl (C=O) groups excluding carboxylic acids is 1. The maximum absolute atomic E-state index is 11.8. The summed E-state index contributed by atoms with van der Waals surface area (Å²) < 4.78 is 0. The van der Waals surface area contributed by atoms with E-state index in [-0.39, 0.29) is 30.0 Å². The minimum atomic E-state index is -1.28. The topological polar surface area (TPSA) is 80.4 Å². The maximum atomic E-state index is 11.8. The van der Waals surface area contributed by atoms with Gasteiger partial charge in [-0.25, -0.2) is 0 Å². The van der Waals surface area contributed by atoms with Gasteiger partial charge in [-0.15, -0.1) is 0 Å². The number of nitrogens with zero attached hydrogens (tertiary/aromatic N) is 1. The van der Waals surface area contributed by atoms with E-state index in [4.69, 9.17) is 0 Å². The fourth-order valence-corrected chi connectivity index (χ4v) is 3.16. The Kier molecular flexibility index (Phi) is 3.65. The third-order valence-electron chi connectivity index (χ3n) is 4.49. The molecule has 0 spiro atoms. The predicted molar refractivity (Wildman–Crippen MR) is 73.8 cm³/mol. The molecule has 5 heteroatoms. The molecule has 0 amide bonds. The summed E-state index contributed by atoms with van der Waals surface area (Å²) in [6.07, 6.45) is 0.528. The van der Waals surface area contributed by atoms with Gasteiger partial charge in [-0.05, 0) is 20.3 Å². The molecule has 0 bridgehead atoms. The molecule has 1 aliphatic rings. The molecule has 0 radical (unpaired) electrons. The summed E-state index contributed by atoms with van der Waals surface area (Å²) in [7, 11) is 0. The summed E-state index contributed by atoms with van der Waals surface area (Å²) in [5.41, 5.74) is -1.84. The van der Waals surface area contributed by atoms with E-state index in [0.717, 1.165) is 0 Å². The molecule has 5 nitrogen and oxygen atoms in total. The highest BCUT2D eigenvalue weighted by molar-refractivity contribution is 5.79. The number of benzene rings is 1. The van der Waals surface area contributed by atoms with Gasteiger partial charge in [0, 0.05) is 23.3 Å². The monoisotopic (exact) mass is 277 g/mol. The first-order valence-electron chi connectivity index (χ1n) is 6.72. The second-order valence-corrected chi connectivity index (χ2v) is 5.88. The van der Waals surface area contributed by atoms with Crippen molar-refractivity contribution < 1.29 is 14.8 Å². The molecule has 1 N–H and O–H groups in total. The van der Waals surface area contributed by atoms with E-state index in [1.54, 1.807) is 37.3 Å². The highest BCUT2D eigenvalue weighted by Gasteiger charge is 2.55. The zero-order valence-electron chi connectivity index (χ0n) is 11.7. The summed E-state index contributed by atoms with van der Waals surface area (Å²) in [4.78, 5) is 23.1. The van der Waals surface area contributed by atoms with E-state index in [1.807, 2.05) is 0 Å². The Morgan fingerprint density at radius 1 is 1.35 bits per heavy atom. The summed E-state index contributed by atoms with van der Waals surface area (Å²) >= 11 is 0. The summed E-state index contributed by atoms with van der Waals surface area (Å²) in [5.74, 6) is -0.904. The minimum absolute atomic E-state index is 0.0480. The molecule has 1 aromatic rings. The predicted octanol–water partition coefficient (Wildman–Crippen LogP) is 2.30. The van der Waals surface area contributed by atoms with Crippen molar-refractivity contribution in [2.45, 2.75) is 44.2 Å². The van der Waals surface area contributed by atoms with Crippen molar-refractivity contribution in [3.05, 3.63) is 46.0 Å². The number of rotatable bonds is 3. The van der Waals surface area contributed by atoms with E-state index in [0.29, 0.717) is 5.56 Å². The molecule has 108 valence electrons. The first-order valence-corrected chi connectivity index (χ1v) is 6.72. The third-order valence-corrected chi connectivity index (χ3v) is 4.49. The molecule has 0 heterocycles. The lowest BCUT2D eigenvalue weighted by Crippen LogP contribution is -2.52. The Morgan fingerprint density at radius 2 is 1.95 bits per heavy atom. The van der Waals surface area contributed by atoms with Crippen LogP contribution < -0.4 is 0 Å². The number of nitro groups is 1. The maximum Gasteiger partial charge on any atom is 0.248 e. The number of Topliss-reactive ketones (excluding diaryl/α,β-unsaturated/α-hetero) is 1. The van der Waals surface area contributed by atoms with Crippen LogP contribution in [0.3, 0.4) is 0 Å². The van der Waals surface area contributed by atoms with Gasteiger partial charge < -0.3 is 5.11 Å². The van der Waals surface area contributed by atoms with E-state index in [1.165, 1.54) is 6.92 Å². The van der Waals surface area contributed by atoms with Crippen LogP contribution in [0.2, 0.25) is 0 Å². The largest absolute Gasteiger partial charge is 0.389 e. The summed E-state index contributed by atoms with van der Waals surface area (Å²) in [5, 5.41) is 22.0. The first-order chi connectivity index (χ1) is 9.29. The molecule has 3 unspecified atom stereocenters. The molecule has 0 aromatic heterocycles. The van der Waals surface area contributed by atoms with Gasteiger partial charge in [0.2, 0.25) is 5.54 Å². The van der Waals surface area contributed by atoms with Crippen LogP contribution in [0.4, 0.5) is 0 Å². The van der Waals surface area contributed by atoms with Crippen LogP contribution in [0.25, 0.3) is 0 Å². The number of aliphatic hydroxyl groups is 1. The number of hydrogen-bond donors (Lipinski definition) is 1. The SMILES string of the molecule is CC(=O)C1CC(c2ccccc2)([N+](=O)[O-])CCC1(C)O. The van der Waals surface area contributed by atoms with Crippen molar-refractivity contribution in [1.82, 2.24) is 0 Å². The molecular formula is C15H19NO4. The fourth-order valence-electron chi connectivity index (χ4n) is 3.16. The minimum Gasteiger partial charge on any atom is -0.389 e. The smallest absolute Gasteiger partial charge is 0.248 e. The molecule has 1 saturated carbocycles. The second kappa shape index (κ2) is 4.98. The van der Waals surface area contributed by atoms with Gasteiger partial charge in [0.05, 0.1) is 11.5 Å². The van der Waals surface area contributed by atoms with Crippen molar-refractivity contribution in [3.63, 3.8) is 0 Å². The average molecular weight is 277 g/mol. The summed E-state index contributed by atoms with van der Waals surface area (Å²) in [6, 6.07) is 8.77. The molecule has 0 saturated heterocycles. The summed E-state index contributed by atoms with van der Waals surface area (Å²) in [6.45, 7) is 2.98. The van der Waals surface area contributed by atoms with Crippen LogP contribution in [0.15, 0.2) is 30.3 Å². The molecule has 3 atom stereocenters. The Morgan fingerprint density at radius 3 is 2.45 bits per heavy atom. The van der Waals surface area contributed by atoms with Gasteiger partial charge in [-0.2, -0.15) is 0 Å².